The summed E-state index contributed by atoms with van der Waals surface area (Å²) in [5.74, 6) is -69.0. The minimum atomic E-state index is -12.0. The van der Waals surface area contributed by atoms with Crippen LogP contribution in [0.3, 0.4) is 0 Å². The maximum atomic E-state index is 14.9. The Morgan fingerprint density at radius 3 is 0.750 bits per heavy atom. The van der Waals surface area contributed by atoms with Crippen LogP contribution < -0.4 is 0 Å². The van der Waals surface area contributed by atoms with Crippen molar-refractivity contribution in [1.82, 2.24) is 4.53 Å². The Morgan fingerprint density at radius 1 is 0.312 bits per heavy atom. The molecule has 0 aromatic rings. The van der Waals surface area contributed by atoms with Crippen LogP contribution in [0, 0.1) is 0 Å². The molecule has 0 aliphatic heterocycles. The molecular formula is C17F39NO5SSi. The highest BCUT2D eigenvalue weighted by Crippen LogP contribution is 2.66. The molecule has 0 bridgehead atoms. The summed E-state index contributed by atoms with van der Waals surface area (Å²) >= 11 is 0. The van der Waals surface area contributed by atoms with Crippen molar-refractivity contribution in [1.29, 1.82) is 0 Å². The maximum Gasteiger partial charge on any atom is 0.595 e. The molecule has 0 fully saturated rings. The average Bonchev–Trinajstić information content (AvgIpc) is 3.00. The molecule has 0 radical (unpaired) electrons. The van der Waals surface area contributed by atoms with E-state index in [-0.39, 0.29) is 0 Å². The topological polar surface area (TPSA) is 65.1 Å². The molecule has 0 saturated carbocycles. The van der Waals surface area contributed by atoms with Crippen molar-refractivity contribution < 1.29 is 193 Å². The van der Waals surface area contributed by atoms with Crippen LogP contribution in [0.1, 0.15) is 0 Å². The van der Waals surface area contributed by atoms with E-state index in [2.05, 4.69) is 0 Å². The van der Waals surface area contributed by atoms with Crippen molar-refractivity contribution in [2.45, 2.75) is 101 Å². The summed E-state index contributed by atoms with van der Waals surface area (Å²) in [6.07, 6.45) is -60.7. The van der Waals surface area contributed by atoms with Gasteiger partial charge >= 0.3 is 120 Å². The van der Waals surface area contributed by atoms with Crippen LogP contribution in [0.2, 0.25) is 0 Å². The van der Waals surface area contributed by atoms with Crippen molar-refractivity contribution in [2.24, 2.45) is 0 Å². The fourth-order valence-electron chi connectivity index (χ4n) is 2.99. The van der Waals surface area contributed by atoms with E-state index in [1.165, 1.54) is 0 Å². The summed E-state index contributed by atoms with van der Waals surface area (Å²) < 4.78 is 544. The lowest BCUT2D eigenvalue weighted by Gasteiger charge is -2.45. The molecule has 6 nitrogen and oxygen atoms in total. The van der Waals surface area contributed by atoms with E-state index in [1.54, 1.807) is 0 Å². The number of rotatable bonds is 18. The van der Waals surface area contributed by atoms with Gasteiger partial charge in [-0.3, -0.25) is 0 Å². The van der Waals surface area contributed by atoms with Crippen LogP contribution in [-0.4, -0.2) is 123 Å². The van der Waals surface area contributed by atoms with Gasteiger partial charge in [-0.25, -0.2) is 8.42 Å². The van der Waals surface area contributed by atoms with E-state index in [4.69, 9.17) is 0 Å². The molecule has 0 rings (SSSR count). The van der Waals surface area contributed by atoms with Gasteiger partial charge in [0.1, 0.15) is 0 Å². The third-order valence-corrected chi connectivity index (χ3v) is 10.6. The largest absolute Gasteiger partial charge is 0.595 e. The summed E-state index contributed by atoms with van der Waals surface area (Å²) in [5.41, 5.74) is -10.2. The first-order valence-corrected chi connectivity index (χ1v) is 15.9. The zero-order valence-corrected chi connectivity index (χ0v) is 28.5. The van der Waals surface area contributed by atoms with E-state index in [9.17, 15) is 180 Å². The van der Waals surface area contributed by atoms with E-state index in [1.807, 2.05) is 0 Å². The number of nitrogens with zero attached hydrogens (tertiary/aromatic N) is 1. The molecule has 0 heterocycles. The first-order chi connectivity index (χ1) is 26.8. The normalized spacial score (nSPS) is 17.1. The van der Waals surface area contributed by atoms with Crippen molar-refractivity contribution in [3.8, 4) is 0 Å². The summed E-state index contributed by atoms with van der Waals surface area (Å²) in [5, 5.41) is -10.0. The Labute approximate surface area is 319 Å². The predicted molar refractivity (Wildman–Crippen MR) is 109 cm³/mol. The zero-order valence-electron chi connectivity index (χ0n) is 26.6. The third kappa shape index (κ3) is 8.57. The summed E-state index contributed by atoms with van der Waals surface area (Å²) in [6.45, 7) is 0. The molecule has 47 heteroatoms. The number of alkyl halides is 38. The SMILES string of the molecule is O=S(=O)(N(F)C(F)(F)C(F)(F)C(F)(F)[Si](OC(F)(F)C(F)(F)F)(OC(F)(F)C(F)(F)F)OC(F)(F)C(F)(F)F)C(F)(F)C(F)(F)C(F)(F)C(F)(F)C(F)(F)C(F)(F)C(F)(F)C(F)(F)F. The molecule has 0 aliphatic carbocycles. The van der Waals surface area contributed by atoms with Crippen molar-refractivity contribution in [3.63, 3.8) is 0 Å². The molecule has 0 N–H and O–H groups in total. The van der Waals surface area contributed by atoms with Crippen LogP contribution in [0.4, 0.5) is 171 Å². The summed E-state index contributed by atoms with van der Waals surface area (Å²) in [7, 11) is -23.0. The Hall–Kier alpha value is -2.72. The minimum Gasteiger partial charge on any atom is -0.302 e. The fourth-order valence-corrected chi connectivity index (χ4v) is 6.46. The second-order valence-electron chi connectivity index (χ2n) is 10.8. The minimum absolute atomic E-state index is 0.987. The van der Waals surface area contributed by atoms with Crippen LogP contribution in [-0.2, 0) is 23.3 Å². The zero-order chi connectivity index (χ0) is 53.2. The highest BCUT2D eigenvalue weighted by molar-refractivity contribution is 7.90. The molecule has 386 valence electrons. The molecule has 0 aromatic heterocycles. The quantitative estimate of drug-likeness (QED) is 0.0592. The lowest BCUT2D eigenvalue weighted by atomic mass is 9.91. The molecule has 0 aromatic carbocycles. The van der Waals surface area contributed by atoms with Gasteiger partial charge in [0.2, 0.25) is 0 Å². The Bertz CT molecular complexity index is 1720. The molecule has 0 unspecified atom stereocenters. The summed E-state index contributed by atoms with van der Waals surface area (Å²) in [6, 6.07) is -10.1. The van der Waals surface area contributed by atoms with Gasteiger partial charge in [-0.05, 0) is 0 Å². The van der Waals surface area contributed by atoms with Gasteiger partial charge in [0.25, 0.3) is 0 Å². The van der Waals surface area contributed by atoms with E-state index < -0.39 is 125 Å². The molecular weight excluding hydrogens is 1100 g/mol. The Morgan fingerprint density at radius 2 is 0.531 bits per heavy atom. The fraction of sp³-hybridized carbons (Fsp3) is 1.00. The second-order valence-corrected chi connectivity index (χ2v) is 14.9. The van der Waals surface area contributed by atoms with E-state index in [0.717, 1.165) is 13.3 Å². The number of hydrogen-bond donors (Lipinski definition) is 0. The third-order valence-electron chi connectivity index (χ3n) is 6.38. The van der Waals surface area contributed by atoms with Gasteiger partial charge in [0.05, 0.1) is 0 Å². The standard InChI is InChI=1S/C17F39NO5SSi/c18-1(19,3(22,23)5(26,27)8(32,33)34)2(20,21)4(24,25)6(28,29)16(52,53)63(58,59)57(56)12(44,45)7(30,31)17(54,55)64(60-13(46,47)9(35,36)37,61-14(48,49)10(38,39)40)62-15(50,51)11(41,42)43. The number of hydrogen-bond acceptors (Lipinski definition) is 5. The van der Waals surface area contributed by atoms with Gasteiger partial charge in [-0.1, -0.05) is 0 Å². The lowest BCUT2D eigenvalue weighted by molar-refractivity contribution is -0.458. The Kier molecular flexibility index (Phi) is 14.7. The van der Waals surface area contributed by atoms with Crippen LogP contribution >= 0.6 is 0 Å². The van der Waals surface area contributed by atoms with Gasteiger partial charge in [0.15, 0.2) is 0 Å². The number of sulfonamides is 1. The molecule has 0 amide bonds. The van der Waals surface area contributed by atoms with Crippen LogP contribution in [0.25, 0.3) is 0 Å². The molecule has 64 heavy (non-hydrogen) atoms. The van der Waals surface area contributed by atoms with Crippen molar-refractivity contribution in [3.05, 3.63) is 0 Å². The average molecular weight is 1100 g/mol. The van der Waals surface area contributed by atoms with Gasteiger partial charge in [0, 0.05) is 4.53 Å². The highest BCUT2D eigenvalue weighted by Gasteiger charge is 2.98. The van der Waals surface area contributed by atoms with E-state index >= 15 is 0 Å². The predicted octanol–water partition coefficient (Wildman–Crippen LogP) is 11.3. The number of halogens is 39. The van der Waals surface area contributed by atoms with Crippen molar-refractivity contribution in [2.75, 3.05) is 0 Å². The first kappa shape index (κ1) is 61.3. The second kappa shape index (κ2) is 15.4. The van der Waals surface area contributed by atoms with Gasteiger partial charge in [-0.15, -0.1) is 4.48 Å². The first-order valence-electron chi connectivity index (χ1n) is 12.8. The maximum absolute atomic E-state index is 14.9. The lowest BCUT2D eigenvalue weighted by Crippen LogP contribution is -2.79. The Balaban J connectivity index is 8.52. The highest BCUT2D eigenvalue weighted by atomic mass is 32.2. The van der Waals surface area contributed by atoms with Gasteiger partial charge < -0.3 is 13.3 Å². The molecule has 0 aliphatic rings. The van der Waals surface area contributed by atoms with Crippen molar-refractivity contribution >= 4 is 18.8 Å². The van der Waals surface area contributed by atoms with Crippen LogP contribution in [0.5, 0.6) is 0 Å². The molecule has 0 spiro atoms. The van der Waals surface area contributed by atoms with Crippen LogP contribution in [0.15, 0.2) is 0 Å². The molecule has 0 atom stereocenters. The smallest absolute Gasteiger partial charge is 0.302 e. The van der Waals surface area contributed by atoms with Gasteiger partial charge in [-0.2, -0.15) is 167 Å². The van der Waals surface area contributed by atoms with E-state index in [0.29, 0.717) is 0 Å². The monoisotopic (exact) mass is 1100 g/mol. The molecule has 0 saturated heterocycles. The summed E-state index contributed by atoms with van der Waals surface area (Å²) in [4.78, 5) is 0.